The zero-order valence-corrected chi connectivity index (χ0v) is 40.1. The largest absolute Gasteiger partial charge is 0.279 e. The van der Waals surface area contributed by atoms with Crippen LogP contribution in [0.4, 0.5) is 5.69 Å². The van der Waals surface area contributed by atoms with Crippen LogP contribution in [0.2, 0.25) is 0 Å². The molecule has 3 heteroatoms. The molecule has 0 amide bonds. The molecule has 0 N–H and O–H groups in total. The van der Waals surface area contributed by atoms with E-state index in [1.165, 1.54) is 0 Å². The van der Waals surface area contributed by atoms with Crippen LogP contribution in [-0.2, 0) is 10.8 Å². The van der Waals surface area contributed by atoms with Gasteiger partial charge in [-0.1, -0.05) is 17.1 Å². The molecule has 0 bridgehead atoms. The lowest BCUT2D eigenvalue weighted by Gasteiger charge is -2.49. The van der Waals surface area contributed by atoms with E-state index >= 15 is 0 Å². The first-order valence-electron chi connectivity index (χ1n) is 28.2. The van der Waals surface area contributed by atoms with Gasteiger partial charge in [0.15, 0.2) is 0 Å². The van der Waals surface area contributed by atoms with E-state index in [4.69, 9.17) is 5.11 Å². The molecule has 0 unspecified atom stereocenters. The Hall–Kier alpha value is -9.36. The Morgan fingerprint density at radius 1 is 0.303 bits per heavy atom. The first kappa shape index (κ1) is 30.1. The molecular formula is C73H17N3. The lowest BCUT2D eigenvalue weighted by molar-refractivity contribution is 0.301. The van der Waals surface area contributed by atoms with Crippen molar-refractivity contribution in [3.8, 4) is 11.8 Å². The second-order valence-corrected chi connectivity index (χ2v) is 26.8. The third-order valence-electron chi connectivity index (χ3n) is 26.0. The lowest BCUT2D eigenvalue weighted by atomic mass is 9.49. The number of benzene rings is 19. The summed E-state index contributed by atoms with van der Waals surface area (Å²) in [5, 5.41) is 98.9. The highest BCUT2D eigenvalue weighted by Gasteiger charge is 2.68. The van der Waals surface area contributed by atoms with Crippen LogP contribution >= 0.6 is 0 Å². The molecule has 0 atom stereocenters. The number of hydrogen-bond donors (Lipinski definition) is 0. The molecule has 0 fully saturated rings. The van der Waals surface area contributed by atoms with Gasteiger partial charge in [-0.15, -0.1) is 5.11 Å². The minimum Gasteiger partial charge on any atom is -0.279 e. The molecule has 4 aliphatic rings. The van der Waals surface area contributed by atoms with Gasteiger partial charge in [0.25, 0.3) is 0 Å². The minimum absolute atomic E-state index is 0.441. The Morgan fingerprint density at radius 3 is 0.737 bits per heavy atom. The third kappa shape index (κ3) is 1.73. The van der Waals surface area contributed by atoms with Gasteiger partial charge >= 0.3 is 0 Å². The maximum atomic E-state index is 4.70. The van der Waals surface area contributed by atoms with Gasteiger partial charge in [0, 0.05) is 24.1 Å². The molecule has 29 aromatic carbocycles. The van der Waals surface area contributed by atoms with Crippen LogP contribution < -0.4 is 0 Å². The normalized spacial score (nSPS) is 20.9. The molecular weight excluding hydrogens is 919 g/mol. The molecule has 0 heterocycles. The van der Waals surface area contributed by atoms with Crippen molar-refractivity contribution < 1.29 is 0 Å². The van der Waals surface area contributed by atoms with Crippen molar-refractivity contribution >= 4 is 297 Å². The third-order valence-corrected chi connectivity index (χ3v) is 26.0. The van der Waals surface area contributed by atoms with Crippen molar-refractivity contribution in [1.82, 2.24) is 5.01 Å². The average Bonchev–Trinajstić information content (AvgIpc) is 1.57. The summed E-state index contributed by atoms with van der Waals surface area (Å²) in [5.41, 5.74) is 7.32. The molecule has 0 spiro atoms. The van der Waals surface area contributed by atoms with E-state index in [0.29, 0.717) is 0 Å². The molecule has 324 valence electrons. The highest BCUT2D eigenvalue weighted by atomic mass is 15.5. The Morgan fingerprint density at radius 2 is 0.513 bits per heavy atom. The second kappa shape index (κ2) is 7.17. The molecule has 3 nitrogen and oxygen atoms in total. The molecule has 0 aromatic heterocycles. The van der Waals surface area contributed by atoms with E-state index in [2.05, 4.69) is 62.1 Å². The van der Waals surface area contributed by atoms with Crippen LogP contribution in [-0.4, -0.2) is 18.1 Å². The summed E-state index contributed by atoms with van der Waals surface area (Å²) in [6.45, 7) is 8.74. The average molecular weight is 936 g/mol. The van der Waals surface area contributed by atoms with Gasteiger partial charge in [-0.3, -0.25) is 5.01 Å². The fourth-order valence-corrected chi connectivity index (χ4v) is 25.1. The standard InChI is InChI=1S/C73H17N3/c1-4-76(5-2)75-74-13-8-6-12(7-9-13)10-11-73-70-64-58-48-36-28-20-16-14-15-18-22(20)30(36)40-34-26(18)27-19(15)23-21-17(14)25-24(16)32-38(28)46-52-42(32)43-33(25)39-29(21)37-31(23)41-35(27)45-44(34)56(50(40)58)66(70)67-57(45)51(41)59-49(37)55-47(39)53(43)61-60(52)68(62(64)54(46)48)72(73,3)69(61)63(55)65(59)71(67)73/h6-9H,4-5H2,1-3H3. The predicted molar refractivity (Wildman–Crippen MR) is 320 cm³/mol. The Bertz CT molecular complexity index is 7460. The molecule has 0 radical (unpaired) electrons. The van der Waals surface area contributed by atoms with Gasteiger partial charge in [-0.2, -0.15) is 0 Å². The monoisotopic (exact) mass is 935 g/mol. The van der Waals surface area contributed by atoms with E-state index < -0.39 is 10.8 Å². The number of nitrogens with zero attached hydrogens (tertiary/aromatic N) is 3. The zero-order chi connectivity index (χ0) is 46.3. The van der Waals surface area contributed by atoms with Gasteiger partial charge in [0.05, 0.1) is 11.1 Å². The van der Waals surface area contributed by atoms with Crippen molar-refractivity contribution in [2.45, 2.75) is 31.6 Å². The summed E-state index contributed by atoms with van der Waals surface area (Å²) < 4.78 is 0. The van der Waals surface area contributed by atoms with Crippen molar-refractivity contribution in [3.63, 3.8) is 0 Å². The first-order chi connectivity index (χ1) is 37.7. The SMILES string of the molecule is CCN(CC)N=Nc1ccc(C#CC23c4c5c6c7c8c9c(c%10c%11c2c2c4c4c%12c5c5c6c6c8c8c%13c9c9c%10c%10c%11c%11c2c2c4c4c%12c%12c5c5c6c8c6c8c%13c9c9c%10c%10c%11c2c2c4c4c%12c5c6c5c8c9c%10c2c45)C73C)cc1. The molecule has 0 aliphatic heterocycles. The molecule has 76 heavy (non-hydrogen) atoms. The van der Waals surface area contributed by atoms with Crippen molar-refractivity contribution in [3.05, 3.63) is 52.1 Å². The summed E-state index contributed by atoms with van der Waals surface area (Å²) in [6, 6.07) is 8.75. The highest BCUT2D eigenvalue weighted by Crippen LogP contribution is 2.84. The Kier molecular flexibility index (Phi) is 2.84. The zero-order valence-electron chi connectivity index (χ0n) is 40.1. The van der Waals surface area contributed by atoms with Gasteiger partial charge in [-0.05, 0) is 358 Å². The summed E-state index contributed by atoms with van der Waals surface area (Å²) in [5.74, 6) is 8.78. The number of rotatable bonds is 4. The van der Waals surface area contributed by atoms with Crippen LogP contribution in [0.15, 0.2) is 34.6 Å². The quantitative estimate of drug-likeness (QED) is 0.0748. The van der Waals surface area contributed by atoms with E-state index in [1.807, 2.05) is 5.01 Å². The summed E-state index contributed by atoms with van der Waals surface area (Å²) >= 11 is 0. The highest BCUT2D eigenvalue weighted by molar-refractivity contribution is 6.82. The van der Waals surface area contributed by atoms with Crippen LogP contribution in [0.3, 0.4) is 0 Å². The first-order valence-corrected chi connectivity index (χ1v) is 28.2. The maximum absolute atomic E-state index is 4.70. The van der Waals surface area contributed by atoms with Crippen LogP contribution in [0, 0.1) is 11.8 Å². The topological polar surface area (TPSA) is 28.0 Å². The van der Waals surface area contributed by atoms with E-state index in [1.54, 1.807) is 313 Å². The van der Waals surface area contributed by atoms with E-state index in [9.17, 15) is 0 Å². The van der Waals surface area contributed by atoms with Crippen molar-refractivity contribution in [2.24, 2.45) is 10.3 Å². The lowest BCUT2D eigenvalue weighted by Crippen LogP contribution is -2.49. The fourth-order valence-electron chi connectivity index (χ4n) is 25.1. The molecule has 29 aromatic rings. The minimum atomic E-state index is -0.625. The molecule has 0 saturated heterocycles. The predicted octanol–water partition coefficient (Wildman–Crippen LogP) is 19.7. The van der Waals surface area contributed by atoms with Gasteiger partial charge in [0.2, 0.25) is 0 Å². The molecule has 0 saturated carbocycles. The summed E-state index contributed by atoms with van der Waals surface area (Å²) in [4.78, 5) is 0. The van der Waals surface area contributed by atoms with Crippen LogP contribution in [0.1, 0.15) is 48.6 Å². The van der Waals surface area contributed by atoms with Crippen LogP contribution in [0.25, 0.3) is 291 Å². The second-order valence-electron chi connectivity index (χ2n) is 26.8. The van der Waals surface area contributed by atoms with Gasteiger partial charge < -0.3 is 0 Å². The maximum Gasteiger partial charge on any atom is 0.0975 e. The fraction of sp³-hybridized carbons (Fsp3) is 0.0959. The Balaban J connectivity index is 1.03. The van der Waals surface area contributed by atoms with E-state index in [-0.39, 0.29) is 0 Å². The Labute approximate surface area is 418 Å². The van der Waals surface area contributed by atoms with Gasteiger partial charge in [0.1, 0.15) is 0 Å². The van der Waals surface area contributed by atoms with Crippen molar-refractivity contribution in [2.75, 3.05) is 13.1 Å². The van der Waals surface area contributed by atoms with E-state index in [0.717, 1.165) is 24.3 Å². The van der Waals surface area contributed by atoms with Crippen molar-refractivity contribution in [1.29, 1.82) is 0 Å². The molecule has 33 rings (SSSR count). The molecule has 4 aliphatic carbocycles. The van der Waals surface area contributed by atoms with Crippen LogP contribution in [0.5, 0.6) is 0 Å². The summed E-state index contributed by atoms with van der Waals surface area (Å²) in [6.07, 6.45) is 0. The smallest absolute Gasteiger partial charge is 0.0975 e. The van der Waals surface area contributed by atoms with Gasteiger partial charge in [-0.25, -0.2) is 0 Å². The summed E-state index contributed by atoms with van der Waals surface area (Å²) in [7, 11) is 0. The number of hydrogen-bond acceptors (Lipinski definition) is 2.